The van der Waals surface area contributed by atoms with Crippen LogP contribution >= 0.6 is 11.6 Å². The Labute approximate surface area is 101 Å². The molecule has 0 aliphatic rings. The second kappa shape index (κ2) is 7.12. The van der Waals surface area contributed by atoms with Crippen molar-refractivity contribution in [2.75, 3.05) is 17.8 Å². The van der Waals surface area contributed by atoms with Crippen LogP contribution in [0.4, 0.5) is 5.69 Å². The number of rotatable bonds is 6. The van der Waals surface area contributed by atoms with E-state index in [2.05, 4.69) is 12.2 Å². The van der Waals surface area contributed by atoms with Crippen molar-refractivity contribution in [3.05, 3.63) is 24.3 Å². The fourth-order valence-electron chi connectivity index (χ4n) is 1.16. The van der Waals surface area contributed by atoms with E-state index >= 15 is 0 Å². The first-order valence-electron chi connectivity index (χ1n) is 5.35. The first kappa shape index (κ1) is 12.8. The van der Waals surface area contributed by atoms with Gasteiger partial charge in [0, 0.05) is 18.0 Å². The van der Waals surface area contributed by atoms with Crippen LogP contribution in [0.1, 0.15) is 19.8 Å². The van der Waals surface area contributed by atoms with Crippen molar-refractivity contribution < 1.29 is 9.53 Å². The van der Waals surface area contributed by atoms with Gasteiger partial charge in [0.25, 0.3) is 0 Å². The van der Waals surface area contributed by atoms with Crippen molar-refractivity contribution in [1.29, 1.82) is 0 Å². The summed E-state index contributed by atoms with van der Waals surface area (Å²) in [5.41, 5.74) is 0.763. The van der Waals surface area contributed by atoms with E-state index in [1.165, 1.54) is 0 Å². The number of amides is 1. The van der Waals surface area contributed by atoms with Gasteiger partial charge in [-0.2, -0.15) is 0 Å². The van der Waals surface area contributed by atoms with Crippen LogP contribution in [-0.4, -0.2) is 18.4 Å². The minimum atomic E-state index is -0.0720. The lowest BCUT2D eigenvalue weighted by Crippen LogP contribution is -2.11. The third kappa shape index (κ3) is 4.53. The number of hydrogen-bond donors (Lipinski definition) is 1. The van der Waals surface area contributed by atoms with Gasteiger partial charge in [0.1, 0.15) is 5.75 Å². The summed E-state index contributed by atoms with van der Waals surface area (Å²) < 4.78 is 5.43. The zero-order chi connectivity index (χ0) is 11.8. The van der Waals surface area contributed by atoms with Crippen LogP contribution in [0.15, 0.2) is 24.3 Å². The first-order valence-corrected chi connectivity index (χ1v) is 5.88. The van der Waals surface area contributed by atoms with E-state index in [4.69, 9.17) is 16.3 Å². The van der Waals surface area contributed by atoms with Crippen molar-refractivity contribution in [3.63, 3.8) is 0 Å². The number of carbonyl (C=O) groups is 1. The molecule has 0 heterocycles. The number of alkyl halides is 1. The Hall–Kier alpha value is -1.22. The van der Waals surface area contributed by atoms with Gasteiger partial charge in [-0.05, 0) is 30.7 Å². The molecule has 0 atom stereocenters. The van der Waals surface area contributed by atoms with Crippen LogP contribution in [-0.2, 0) is 4.79 Å². The van der Waals surface area contributed by atoms with Crippen LogP contribution in [0.2, 0.25) is 0 Å². The summed E-state index contributed by atoms with van der Waals surface area (Å²) in [7, 11) is 0. The molecule has 1 aromatic rings. The van der Waals surface area contributed by atoms with Crippen LogP contribution in [0, 0.1) is 0 Å². The molecule has 16 heavy (non-hydrogen) atoms. The maximum absolute atomic E-state index is 11.2. The average Bonchev–Trinajstić information content (AvgIpc) is 2.28. The summed E-state index contributed by atoms with van der Waals surface area (Å²) in [5.74, 6) is 1.08. The molecule has 1 amide bonds. The number of ether oxygens (including phenoxy) is 1. The molecule has 1 rings (SSSR count). The minimum absolute atomic E-state index is 0.0720. The lowest BCUT2D eigenvalue weighted by molar-refractivity contribution is -0.115. The zero-order valence-electron chi connectivity index (χ0n) is 9.33. The highest BCUT2D eigenvalue weighted by atomic mass is 35.5. The van der Waals surface area contributed by atoms with Gasteiger partial charge < -0.3 is 10.1 Å². The van der Waals surface area contributed by atoms with Gasteiger partial charge in [0.2, 0.25) is 5.91 Å². The number of benzene rings is 1. The molecule has 0 spiro atoms. The molecule has 0 aliphatic carbocycles. The summed E-state index contributed by atoms with van der Waals surface area (Å²) in [5, 5.41) is 2.75. The topological polar surface area (TPSA) is 38.3 Å². The van der Waals surface area contributed by atoms with Crippen molar-refractivity contribution in [3.8, 4) is 5.75 Å². The third-order valence-corrected chi connectivity index (χ3v) is 2.12. The van der Waals surface area contributed by atoms with Crippen LogP contribution < -0.4 is 10.1 Å². The van der Waals surface area contributed by atoms with Crippen molar-refractivity contribution in [2.45, 2.75) is 19.8 Å². The largest absolute Gasteiger partial charge is 0.494 e. The smallest absolute Gasteiger partial charge is 0.225 e. The molecule has 1 aromatic carbocycles. The van der Waals surface area contributed by atoms with Crippen molar-refractivity contribution in [1.82, 2.24) is 0 Å². The molecule has 0 radical (unpaired) electrons. The minimum Gasteiger partial charge on any atom is -0.494 e. The first-order chi connectivity index (χ1) is 7.76. The molecule has 1 N–H and O–H groups in total. The molecule has 0 bridgehead atoms. The van der Waals surface area contributed by atoms with E-state index in [1.54, 1.807) is 0 Å². The summed E-state index contributed by atoms with van der Waals surface area (Å²) >= 11 is 5.46. The molecule has 0 aromatic heterocycles. The lowest BCUT2D eigenvalue weighted by atomic mass is 10.3. The Kier molecular flexibility index (Phi) is 5.72. The molecule has 0 saturated heterocycles. The normalized spacial score (nSPS) is 9.88. The van der Waals surface area contributed by atoms with Gasteiger partial charge in [-0.1, -0.05) is 6.92 Å². The molecular formula is C12H16ClNO2. The van der Waals surface area contributed by atoms with E-state index < -0.39 is 0 Å². The number of nitrogens with one attached hydrogen (secondary N) is 1. The van der Waals surface area contributed by atoms with Gasteiger partial charge in [0.05, 0.1) is 6.61 Å². The second-order valence-corrected chi connectivity index (χ2v) is 3.74. The number of hydrogen-bond acceptors (Lipinski definition) is 2. The number of halogens is 1. The molecular weight excluding hydrogens is 226 g/mol. The molecule has 4 heteroatoms. The van der Waals surface area contributed by atoms with Crippen molar-refractivity contribution in [2.24, 2.45) is 0 Å². The Bertz CT molecular complexity index is 324. The molecule has 0 aliphatic heterocycles. The van der Waals surface area contributed by atoms with Crippen LogP contribution in [0.3, 0.4) is 0 Å². The highest BCUT2D eigenvalue weighted by Gasteiger charge is 2.01. The second-order valence-electron chi connectivity index (χ2n) is 3.36. The van der Waals surface area contributed by atoms with Gasteiger partial charge in [0.15, 0.2) is 0 Å². The number of anilines is 1. The van der Waals surface area contributed by atoms with E-state index in [9.17, 15) is 4.79 Å². The highest BCUT2D eigenvalue weighted by Crippen LogP contribution is 2.15. The lowest BCUT2D eigenvalue weighted by Gasteiger charge is -2.06. The highest BCUT2D eigenvalue weighted by molar-refractivity contribution is 6.19. The van der Waals surface area contributed by atoms with E-state index in [-0.39, 0.29) is 5.91 Å². The van der Waals surface area contributed by atoms with Gasteiger partial charge >= 0.3 is 0 Å². The monoisotopic (exact) mass is 241 g/mol. The third-order valence-electron chi connectivity index (χ3n) is 1.93. The molecule has 0 saturated carbocycles. The summed E-state index contributed by atoms with van der Waals surface area (Å²) in [4.78, 5) is 11.2. The molecule has 3 nitrogen and oxygen atoms in total. The predicted molar refractivity (Wildman–Crippen MR) is 66.2 cm³/mol. The SMILES string of the molecule is CCCOc1ccc(NC(=O)CCCl)cc1. The summed E-state index contributed by atoms with van der Waals surface area (Å²) in [6.45, 7) is 2.76. The van der Waals surface area contributed by atoms with E-state index in [1.807, 2.05) is 24.3 Å². The van der Waals surface area contributed by atoms with Crippen molar-refractivity contribution >= 4 is 23.2 Å². The average molecular weight is 242 g/mol. The summed E-state index contributed by atoms with van der Waals surface area (Å²) in [6.07, 6.45) is 1.31. The molecule has 0 unspecified atom stereocenters. The predicted octanol–water partition coefficient (Wildman–Crippen LogP) is 3.04. The fraction of sp³-hybridized carbons (Fsp3) is 0.417. The molecule has 88 valence electrons. The standard InChI is InChI=1S/C12H16ClNO2/c1-2-9-16-11-5-3-10(4-6-11)14-12(15)7-8-13/h3-6H,2,7-9H2,1H3,(H,14,15). The fourth-order valence-corrected chi connectivity index (χ4v) is 1.34. The van der Waals surface area contributed by atoms with Crippen LogP contribution in [0.25, 0.3) is 0 Å². The Morgan fingerprint density at radius 2 is 2.06 bits per heavy atom. The van der Waals surface area contributed by atoms with Gasteiger partial charge in [-0.25, -0.2) is 0 Å². The maximum Gasteiger partial charge on any atom is 0.225 e. The Morgan fingerprint density at radius 1 is 1.38 bits per heavy atom. The van der Waals surface area contributed by atoms with Crippen LogP contribution in [0.5, 0.6) is 5.75 Å². The number of carbonyl (C=O) groups excluding carboxylic acids is 1. The Balaban J connectivity index is 2.47. The van der Waals surface area contributed by atoms with E-state index in [0.29, 0.717) is 18.9 Å². The maximum atomic E-state index is 11.2. The van der Waals surface area contributed by atoms with Gasteiger partial charge in [-0.3, -0.25) is 4.79 Å². The molecule has 0 fully saturated rings. The Morgan fingerprint density at radius 3 is 2.62 bits per heavy atom. The quantitative estimate of drug-likeness (QED) is 0.778. The zero-order valence-corrected chi connectivity index (χ0v) is 10.1. The summed E-state index contributed by atoms with van der Waals surface area (Å²) in [6, 6.07) is 7.31. The van der Waals surface area contributed by atoms with Gasteiger partial charge in [-0.15, -0.1) is 11.6 Å². The van der Waals surface area contributed by atoms with E-state index in [0.717, 1.165) is 17.9 Å².